The minimum absolute atomic E-state index is 0.000792. The van der Waals surface area contributed by atoms with Crippen LogP contribution in [-0.4, -0.2) is 30.9 Å². The highest BCUT2D eigenvalue weighted by molar-refractivity contribution is 7.89. The van der Waals surface area contributed by atoms with Crippen molar-refractivity contribution < 1.29 is 26.7 Å². The third-order valence-corrected chi connectivity index (χ3v) is 7.27. The van der Waals surface area contributed by atoms with E-state index in [9.17, 15) is 26.7 Å². The zero-order valence-electron chi connectivity index (χ0n) is 14.9. The van der Waals surface area contributed by atoms with Crippen LogP contribution in [0.15, 0.2) is 47.4 Å². The molecule has 1 aliphatic rings. The first kappa shape index (κ1) is 21.6. The van der Waals surface area contributed by atoms with Crippen LogP contribution in [0.5, 0.6) is 0 Å². The van der Waals surface area contributed by atoms with Crippen molar-refractivity contribution in [2.45, 2.75) is 29.5 Å². The van der Waals surface area contributed by atoms with Crippen molar-refractivity contribution in [2.24, 2.45) is 0 Å². The summed E-state index contributed by atoms with van der Waals surface area (Å²) >= 11 is 5.63. The number of hydrogen-bond acceptors (Lipinski definition) is 4. The van der Waals surface area contributed by atoms with Gasteiger partial charge in [-0.15, -0.1) is 0 Å². The fraction of sp³-hybridized carbons (Fsp3) is 0.316. The van der Waals surface area contributed by atoms with Gasteiger partial charge in [0.2, 0.25) is 10.0 Å². The van der Waals surface area contributed by atoms with Gasteiger partial charge >= 0.3 is 6.18 Å². The number of nitriles is 1. The molecule has 0 bridgehead atoms. The minimum Gasteiger partial charge on any atom is -0.385 e. The average Bonchev–Trinajstić information content (AvgIpc) is 2.67. The van der Waals surface area contributed by atoms with Crippen LogP contribution in [0.25, 0.3) is 0 Å². The summed E-state index contributed by atoms with van der Waals surface area (Å²) in [7, 11) is -3.98. The molecule has 0 spiro atoms. The number of alkyl halides is 3. The number of sulfonamides is 1. The van der Waals surface area contributed by atoms with E-state index in [1.54, 1.807) is 6.07 Å². The monoisotopic (exact) mass is 444 g/mol. The molecule has 0 aromatic heterocycles. The highest BCUT2D eigenvalue weighted by atomic mass is 35.5. The van der Waals surface area contributed by atoms with Crippen molar-refractivity contribution >= 4 is 21.6 Å². The van der Waals surface area contributed by atoms with Gasteiger partial charge in [-0.2, -0.15) is 22.7 Å². The summed E-state index contributed by atoms with van der Waals surface area (Å²) in [6.07, 6.45) is -4.87. The fourth-order valence-electron chi connectivity index (χ4n) is 3.34. The van der Waals surface area contributed by atoms with Crippen molar-refractivity contribution in [3.05, 3.63) is 64.2 Å². The molecule has 0 unspecified atom stereocenters. The maximum Gasteiger partial charge on any atom is 0.417 e. The number of nitrogens with zero attached hydrogens (tertiary/aromatic N) is 2. The Hall–Kier alpha value is -2.12. The quantitative estimate of drug-likeness (QED) is 0.778. The summed E-state index contributed by atoms with van der Waals surface area (Å²) in [6, 6.07) is 10.8. The Balaban J connectivity index is 1.86. The van der Waals surface area contributed by atoms with E-state index in [2.05, 4.69) is 0 Å². The Labute approximate surface area is 171 Å². The molecule has 1 aliphatic heterocycles. The second-order valence-corrected chi connectivity index (χ2v) is 9.05. The first-order chi connectivity index (χ1) is 13.5. The minimum atomic E-state index is -4.67. The molecule has 154 valence electrons. The SMILES string of the molecule is N#Cc1ccccc1S(=O)(=O)N1CCC(O)(c2ccc(Cl)c(C(F)(F)F)c2)CC1. The summed E-state index contributed by atoms with van der Waals surface area (Å²) in [6.45, 7) is -0.217. The molecule has 5 nitrogen and oxygen atoms in total. The molecule has 2 aromatic rings. The van der Waals surface area contributed by atoms with Crippen LogP contribution in [-0.2, 0) is 21.8 Å². The summed E-state index contributed by atoms with van der Waals surface area (Å²) in [5.74, 6) is 0. The van der Waals surface area contributed by atoms with Crippen LogP contribution in [0.3, 0.4) is 0 Å². The lowest BCUT2D eigenvalue weighted by molar-refractivity contribution is -0.137. The third-order valence-electron chi connectivity index (χ3n) is 4.98. The highest BCUT2D eigenvalue weighted by Gasteiger charge is 2.41. The molecule has 0 saturated carbocycles. The normalized spacial score (nSPS) is 17.7. The smallest absolute Gasteiger partial charge is 0.385 e. The van der Waals surface area contributed by atoms with Gasteiger partial charge in [-0.3, -0.25) is 0 Å². The van der Waals surface area contributed by atoms with Crippen molar-refractivity contribution in [3.8, 4) is 6.07 Å². The van der Waals surface area contributed by atoms with Crippen LogP contribution < -0.4 is 0 Å². The zero-order valence-corrected chi connectivity index (χ0v) is 16.5. The molecule has 0 amide bonds. The second kappa shape index (κ2) is 7.61. The highest BCUT2D eigenvalue weighted by Crippen LogP contribution is 2.40. The molecule has 29 heavy (non-hydrogen) atoms. The predicted octanol–water partition coefficient (Wildman–Crippen LogP) is 3.90. The zero-order chi connectivity index (χ0) is 21.4. The summed E-state index contributed by atoms with van der Waals surface area (Å²) < 4.78 is 66.2. The molecule has 1 saturated heterocycles. The van der Waals surface area contributed by atoms with Crippen LogP contribution in [0.2, 0.25) is 5.02 Å². The number of benzene rings is 2. The van der Waals surface area contributed by atoms with E-state index in [4.69, 9.17) is 16.9 Å². The molecule has 1 heterocycles. The topological polar surface area (TPSA) is 81.4 Å². The van der Waals surface area contributed by atoms with Crippen LogP contribution in [0.1, 0.15) is 29.5 Å². The van der Waals surface area contributed by atoms with Gasteiger partial charge in [0.05, 0.1) is 26.6 Å². The van der Waals surface area contributed by atoms with Gasteiger partial charge in [0.1, 0.15) is 6.07 Å². The van der Waals surface area contributed by atoms with Gasteiger partial charge < -0.3 is 5.11 Å². The Morgan fingerprint density at radius 3 is 2.34 bits per heavy atom. The van der Waals surface area contributed by atoms with E-state index in [1.165, 1.54) is 24.3 Å². The van der Waals surface area contributed by atoms with E-state index in [-0.39, 0.29) is 42.0 Å². The van der Waals surface area contributed by atoms with Gasteiger partial charge in [-0.25, -0.2) is 8.42 Å². The van der Waals surface area contributed by atoms with Gasteiger partial charge in [0, 0.05) is 13.1 Å². The van der Waals surface area contributed by atoms with E-state index in [0.29, 0.717) is 0 Å². The number of hydrogen-bond donors (Lipinski definition) is 1. The largest absolute Gasteiger partial charge is 0.417 e. The Morgan fingerprint density at radius 1 is 1.14 bits per heavy atom. The first-order valence-corrected chi connectivity index (χ1v) is 10.4. The molecule has 0 aliphatic carbocycles. The van der Waals surface area contributed by atoms with Crippen molar-refractivity contribution in [1.29, 1.82) is 5.26 Å². The lowest BCUT2D eigenvalue weighted by atomic mass is 9.84. The molecule has 1 fully saturated rings. The van der Waals surface area contributed by atoms with Crippen LogP contribution in [0, 0.1) is 11.3 Å². The number of piperidine rings is 1. The number of halogens is 4. The Kier molecular flexibility index (Phi) is 5.66. The van der Waals surface area contributed by atoms with Gasteiger partial charge in [0.15, 0.2) is 0 Å². The molecule has 0 atom stereocenters. The fourth-order valence-corrected chi connectivity index (χ4v) is 5.15. The predicted molar refractivity (Wildman–Crippen MR) is 99.5 cm³/mol. The van der Waals surface area contributed by atoms with Crippen LogP contribution in [0.4, 0.5) is 13.2 Å². The van der Waals surface area contributed by atoms with E-state index >= 15 is 0 Å². The summed E-state index contributed by atoms with van der Waals surface area (Å²) in [5.41, 5.74) is -2.64. The summed E-state index contributed by atoms with van der Waals surface area (Å²) in [5, 5.41) is 19.6. The van der Waals surface area contributed by atoms with Crippen molar-refractivity contribution in [3.63, 3.8) is 0 Å². The third kappa shape index (κ3) is 4.12. The molecule has 2 aromatic carbocycles. The molecule has 3 rings (SSSR count). The van der Waals surface area contributed by atoms with Crippen LogP contribution >= 0.6 is 11.6 Å². The van der Waals surface area contributed by atoms with Gasteiger partial charge in [-0.05, 0) is 42.7 Å². The molecule has 1 N–H and O–H groups in total. The first-order valence-electron chi connectivity index (χ1n) is 8.58. The van der Waals surface area contributed by atoms with Crippen molar-refractivity contribution in [1.82, 2.24) is 4.31 Å². The number of rotatable bonds is 3. The van der Waals surface area contributed by atoms with Gasteiger partial charge in [-0.1, -0.05) is 29.8 Å². The molecular weight excluding hydrogens is 429 g/mol. The number of aliphatic hydroxyl groups is 1. The van der Waals surface area contributed by atoms with E-state index in [0.717, 1.165) is 16.4 Å². The maximum atomic E-state index is 13.1. The van der Waals surface area contributed by atoms with E-state index < -0.39 is 32.4 Å². The average molecular weight is 445 g/mol. The second-order valence-electron chi connectivity index (χ2n) is 6.74. The Bertz CT molecular complexity index is 1070. The van der Waals surface area contributed by atoms with E-state index in [1.807, 2.05) is 6.07 Å². The molecule has 0 radical (unpaired) electrons. The lowest BCUT2D eigenvalue weighted by Crippen LogP contribution is -2.45. The Morgan fingerprint density at radius 2 is 1.76 bits per heavy atom. The standard InChI is InChI=1S/C19H16ClF3N2O3S/c20-16-6-5-14(11-15(16)19(21,22)23)18(26)7-9-25(10-8-18)29(27,28)17-4-2-1-3-13(17)12-24/h1-6,11,26H,7-10H2. The molecular formula is C19H16ClF3N2O3S. The van der Waals surface area contributed by atoms with Crippen molar-refractivity contribution in [2.75, 3.05) is 13.1 Å². The maximum absolute atomic E-state index is 13.1. The lowest BCUT2D eigenvalue weighted by Gasteiger charge is -2.38. The summed E-state index contributed by atoms with van der Waals surface area (Å²) in [4.78, 5) is -0.140. The molecule has 10 heteroatoms. The van der Waals surface area contributed by atoms with Gasteiger partial charge in [0.25, 0.3) is 0 Å².